The molecule has 1 saturated heterocycles. The first-order valence-corrected chi connectivity index (χ1v) is 8.22. The van der Waals surface area contributed by atoms with E-state index in [1.165, 1.54) is 18.9 Å². The third-order valence-corrected chi connectivity index (χ3v) is 4.41. The Hall–Kier alpha value is -1.88. The van der Waals surface area contributed by atoms with Crippen LogP contribution in [0.2, 0.25) is 5.02 Å². The highest BCUT2D eigenvalue weighted by molar-refractivity contribution is 6.31. The molecule has 1 N–H and O–H groups in total. The van der Waals surface area contributed by atoms with E-state index < -0.39 is 5.82 Å². The van der Waals surface area contributed by atoms with Gasteiger partial charge in [-0.3, -0.25) is 0 Å². The lowest BCUT2D eigenvalue weighted by Crippen LogP contribution is -2.33. The quantitative estimate of drug-likeness (QED) is 0.893. The van der Waals surface area contributed by atoms with E-state index in [-0.39, 0.29) is 5.02 Å². The molecule has 3 rings (SSSR count). The Morgan fingerprint density at radius 3 is 2.65 bits per heavy atom. The van der Waals surface area contributed by atoms with Crippen LogP contribution in [-0.2, 0) is 0 Å². The van der Waals surface area contributed by atoms with Crippen LogP contribution in [0.25, 0.3) is 0 Å². The van der Waals surface area contributed by atoms with E-state index in [0.29, 0.717) is 17.3 Å². The van der Waals surface area contributed by atoms with E-state index in [0.717, 1.165) is 24.8 Å². The third kappa shape index (κ3) is 3.91. The van der Waals surface area contributed by atoms with Gasteiger partial charge in [0.2, 0.25) is 0 Å². The maximum atomic E-state index is 13.2. The fraction of sp³-hybridized carbons (Fsp3) is 0.412. The molecule has 2 heterocycles. The summed E-state index contributed by atoms with van der Waals surface area (Å²) in [6.45, 7) is 6.19. The van der Waals surface area contributed by atoms with Gasteiger partial charge in [0.25, 0.3) is 0 Å². The fourth-order valence-electron chi connectivity index (χ4n) is 2.74. The van der Waals surface area contributed by atoms with Crippen molar-refractivity contribution in [1.29, 1.82) is 0 Å². The van der Waals surface area contributed by atoms with Crippen LogP contribution in [-0.4, -0.2) is 23.1 Å². The average molecular weight is 335 g/mol. The van der Waals surface area contributed by atoms with Crippen molar-refractivity contribution in [3.8, 4) is 0 Å². The summed E-state index contributed by atoms with van der Waals surface area (Å²) in [4.78, 5) is 11.2. The first-order valence-electron chi connectivity index (χ1n) is 7.84. The Morgan fingerprint density at radius 1 is 1.22 bits per heavy atom. The van der Waals surface area contributed by atoms with Crippen molar-refractivity contribution < 1.29 is 4.39 Å². The summed E-state index contributed by atoms with van der Waals surface area (Å²) in [6.07, 6.45) is 2.36. The van der Waals surface area contributed by atoms with Gasteiger partial charge < -0.3 is 10.2 Å². The van der Waals surface area contributed by atoms with E-state index >= 15 is 0 Å². The van der Waals surface area contributed by atoms with Crippen LogP contribution in [0, 0.1) is 18.7 Å². The van der Waals surface area contributed by atoms with Gasteiger partial charge in [0.05, 0.1) is 5.02 Å². The van der Waals surface area contributed by atoms with Crippen LogP contribution < -0.4 is 10.2 Å². The summed E-state index contributed by atoms with van der Waals surface area (Å²) in [7, 11) is 0. The number of nitrogens with zero attached hydrogens (tertiary/aromatic N) is 3. The number of benzene rings is 1. The first-order chi connectivity index (χ1) is 11.0. The number of nitrogens with one attached hydrogen (secondary N) is 1. The molecule has 0 atom stereocenters. The van der Waals surface area contributed by atoms with Gasteiger partial charge in [0, 0.05) is 24.8 Å². The number of piperidine rings is 1. The summed E-state index contributed by atoms with van der Waals surface area (Å²) in [5, 5.41) is 3.26. The van der Waals surface area contributed by atoms with Crippen LogP contribution in [0.15, 0.2) is 24.3 Å². The Kier molecular flexibility index (Phi) is 4.66. The number of anilines is 3. The second-order valence-electron chi connectivity index (χ2n) is 6.08. The van der Waals surface area contributed by atoms with Gasteiger partial charge in [0.1, 0.15) is 23.3 Å². The molecule has 0 amide bonds. The Balaban J connectivity index is 1.81. The van der Waals surface area contributed by atoms with Gasteiger partial charge in [-0.15, -0.1) is 0 Å². The zero-order valence-corrected chi connectivity index (χ0v) is 14.1. The molecular formula is C17H20ClFN4. The van der Waals surface area contributed by atoms with Crippen LogP contribution in [0.3, 0.4) is 0 Å². The van der Waals surface area contributed by atoms with E-state index in [1.807, 2.05) is 13.0 Å². The maximum Gasteiger partial charge on any atom is 0.141 e. The minimum absolute atomic E-state index is 0.0889. The SMILES string of the molecule is Cc1nc(Nc2ccc(F)c(Cl)c2)cc(N2CCC(C)CC2)n1. The minimum atomic E-state index is -0.431. The van der Waals surface area contributed by atoms with Gasteiger partial charge >= 0.3 is 0 Å². The smallest absolute Gasteiger partial charge is 0.141 e. The summed E-state index contributed by atoms with van der Waals surface area (Å²) < 4.78 is 13.2. The predicted octanol–water partition coefficient (Wildman–Crippen LogP) is 4.56. The molecule has 4 nitrogen and oxygen atoms in total. The molecule has 1 aliphatic heterocycles. The zero-order valence-electron chi connectivity index (χ0n) is 13.3. The standard InChI is InChI=1S/C17H20ClFN4/c1-11-5-7-23(8-6-11)17-10-16(20-12(2)21-17)22-13-3-4-15(19)14(18)9-13/h3-4,9-11H,5-8H2,1-2H3,(H,20,21,22). The van der Waals surface area contributed by atoms with E-state index in [2.05, 4.69) is 27.1 Å². The molecule has 6 heteroatoms. The predicted molar refractivity (Wildman–Crippen MR) is 92.1 cm³/mol. The molecule has 1 fully saturated rings. The molecule has 0 spiro atoms. The number of aryl methyl sites for hydroxylation is 1. The zero-order chi connectivity index (χ0) is 16.4. The largest absolute Gasteiger partial charge is 0.356 e. The van der Waals surface area contributed by atoms with Crippen LogP contribution in [0.5, 0.6) is 0 Å². The van der Waals surface area contributed by atoms with Gasteiger partial charge in [-0.05, 0) is 43.9 Å². The molecular weight excluding hydrogens is 315 g/mol. The van der Waals surface area contributed by atoms with Gasteiger partial charge in [-0.25, -0.2) is 14.4 Å². The summed E-state index contributed by atoms with van der Waals surface area (Å²) in [5.74, 6) is 2.66. The van der Waals surface area contributed by atoms with E-state index in [9.17, 15) is 4.39 Å². The fourth-order valence-corrected chi connectivity index (χ4v) is 2.92. The summed E-state index contributed by atoms with van der Waals surface area (Å²) in [6, 6.07) is 6.46. The van der Waals surface area contributed by atoms with Crippen LogP contribution in [0.1, 0.15) is 25.6 Å². The van der Waals surface area contributed by atoms with Crippen molar-refractivity contribution >= 4 is 28.9 Å². The van der Waals surface area contributed by atoms with Crippen molar-refractivity contribution in [2.45, 2.75) is 26.7 Å². The van der Waals surface area contributed by atoms with Crippen molar-refractivity contribution in [2.75, 3.05) is 23.3 Å². The molecule has 0 saturated carbocycles. The van der Waals surface area contributed by atoms with Crippen molar-refractivity contribution in [1.82, 2.24) is 9.97 Å². The second kappa shape index (κ2) is 6.71. The number of aromatic nitrogens is 2. The van der Waals surface area contributed by atoms with Crippen molar-refractivity contribution in [3.05, 3.63) is 40.9 Å². The number of rotatable bonds is 3. The number of halogens is 2. The number of hydrogen-bond acceptors (Lipinski definition) is 4. The summed E-state index contributed by atoms with van der Waals surface area (Å²) >= 11 is 5.82. The second-order valence-corrected chi connectivity index (χ2v) is 6.49. The van der Waals surface area contributed by atoms with Crippen LogP contribution >= 0.6 is 11.6 Å². The van der Waals surface area contributed by atoms with Crippen molar-refractivity contribution in [3.63, 3.8) is 0 Å². The lowest BCUT2D eigenvalue weighted by atomic mass is 9.99. The average Bonchev–Trinajstić information content (AvgIpc) is 2.51. The van der Waals surface area contributed by atoms with Gasteiger partial charge in [-0.2, -0.15) is 0 Å². The molecule has 0 bridgehead atoms. The lowest BCUT2D eigenvalue weighted by molar-refractivity contribution is 0.436. The Labute approximate surface area is 140 Å². The normalized spacial score (nSPS) is 15.7. The third-order valence-electron chi connectivity index (χ3n) is 4.12. The van der Waals surface area contributed by atoms with Crippen LogP contribution in [0.4, 0.5) is 21.7 Å². The Morgan fingerprint density at radius 2 is 1.96 bits per heavy atom. The molecule has 23 heavy (non-hydrogen) atoms. The summed E-state index contributed by atoms with van der Waals surface area (Å²) in [5.41, 5.74) is 0.702. The topological polar surface area (TPSA) is 41.1 Å². The first kappa shape index (κ1) is 16.0. The molecule has 0 unspecified atom stereocenters. The lowest BCUT2D eigenvalue weighted by Gasteiger charge is -2.31. The highest BCUT2D eigenvalue weighted by atomic mass is 35.5. The molecule has 0 aliphatic carbocycles. The molecule has 1 aliphatic rings. The van der Waals surface area contributed by atoms with Gasteiger partial charge in [-0.1, -0.05) is 18.5 Å². The Bertz CT molecular complexity index is 699. The van der Waals surface area contributed by atoms with Crippen molar-refractivity contribution in [2.24, 2.45) is 5.92 Å². The maximum absolute atomic E-state index is 13.2. The molecule has 1 aromatic heterocycles. The monoisotopic (exact) mass is 334 g/mol. The molecule has 1 aromatic carbocycles. The number of hydrogen-bond donors (Lipinski definition) is 1. The molecule has 2 aromatic rings. The molecule has 122 valence electrons. The highest BCUT2D eigenvalue weighted by Crippen LogP contribution is 2.26. The highest BCUT2D eigenvalue weighted by Gasteiger charge is 2.18. The molecule has 0 radical (unpaired) electrons. The van der Waals surface area contributed by atoms with E-state index in [4.69, 9.17) is 11.6 Å². The van der Waals surface area contributed by atoms with E-state index in [1.54, 1.807) is 12.1 Å². The minimum Gasteiger partial charge on any atom is -0.356 e. The van der Waals surface area contributed by atoms with Gasteiger partial charge in [0.15, 0.2) is 0 Å².